The van der Waals surface area contributed by atoms with Gasteiger partial charge in [0.15, 0.2) is 0 Å². The van der Waals surface area contributed by atoms with Crippen LogP contribution in [-0.2, 0) is 0 Å². The summed E-state index contributed by atoms with van der Waals surface area (Å²) < 4.78 is 0. The minimum atomic E-state index is 0.713. The van der Waals surface area contributed by atoms with Gasteiger partial charge in [-0.2, -0.15) is 0 Å². The van der Waals surface area contributed by atoms with Gasteiger partial charge in [-0.05, 0) is 55.3 Å². The van der Waals surface area contributed by atoms with Crippen molar-refractivity contribution < 1.29 is 0 Å². The van der Waals surface area contributed by atoms with E-state index in [0.717, 1.165) is 28.2 Å². The number of nitrogens with two attached hydrogens (primary N) is 1. The molecule has 2 aromatic rings. The van der Waals surface area contributed by atoms with Gasteiger partial charge in [-0.15, -0.1) is 0 Å². The lowest BCUT2D eigenvalue weighted by Crippen LogP contribution is -1.94. The standard InChI is InChI=1S/C14H15ClN2/c1-9-3-4-14(13(15)7-9)17-12-6-10(2)5-11(16)8-12/h3-8,17H,16H2,1-2H3. The SMILES string of the molecule is Cc1cc(N)cc(Nc2ccc(C)cc2Cl)c1. The lowest BCUT2D eigenvalue weighted by atomic mass is 10.2. The first-order valence-electron chi connectivity index (χ1n) is 5.45. The van der Waals surface area contributed by atoms with Gasteiger partial charge in [0.05, 0.1) is 10.7 Å². The predicted octanol–water partition coefficient (Wildman–Crippen LogP) is 4.28. The van der Waals surface area contributed by atoms with Gasteiger partial charge in [-0.1, -0.05) is 17.7 Å². The first-order chi connectivity index (χ1) is 8.04. The van der Waals surface area contributed by atoms with Gasteiger partial charge < -0.3 is 11.1 Å². The van der Waals surface area contributed by atoms with E-state index in [0.29, 0.717) is 5.02 Å². The fourth-order valence-corrected chi connectivity index (χ4v) is 2.04. The molecule has 0 aromatic heterocycles. The lowest BCUT2D eigenvalue weighted by Gasteiger charge is -2.10. The normalized spacial score (nSPS) is 10.3. The number of hydrogen-bond acceptors (Lipinski definition) is 2. The van der Waals surface area contributed by atoms with Gasteiger partial charge in [-0.25, -0.2) is 0 Å². The van der Waals surface area contributed by atoms with Gasteiger partial charge in [0.25, 0.3) is 0 Å². The number of aryl methyl sites for hydroxylation is 2. The van der Waals surface area contributed by atoms with Gasteiger partial charge in [0.2, 0.25) is 0 Å². The summed E-state index contributed by atoms with van der Waals surface area (Å²) in [5, 5.41) is 3.98. The third-order valence-corrected chi connectivity index (χ3v) is 2.82. The maximum Gasteiger partial charge on any atom is 0.0643 e. The van der Waals surface area contributed by atoms with Crippen LogP contribution in [0.1, 0.15) is 11.1 Å². The molecule has 0 amide bonds. The Morgan fingerprint density at radius 1 is 1.00 bits per heavy atom. The molecule has 0 fully saturated rings. The molecule has 3 heteroatoms. The first-order valence-corrected chi connectivity index (χ1v) is 5.83. The number of anilines is 3. The average molecular weight is 247 g/mol. The van der Waals surface area contributed by atoms with Gasteiger partial charge in [0.1, 0.15) is 0 Å². The predicted molar refractivity (Wildman–Crippen MR) is 75.1 cm³/mol. The average Bonchev–Trinajstić information content (AvgIpc) is 2.21. The Labute approximate surface area is 106 Å². The van der Waals surface area contributed by atoms with E-state index >= 15 is 0 Å². The minimum Gasteiger partial charge on any atom is -0.399 e. The summed E-state index contributed by atoms with van der Waals surface area (Å²) >= 11 is 6.17. The van der Waals surface area contributed by atoms with Crippen molar-refractivity contribution in [2.45, 2.75) is 13.8 Å². The van der Waals surface area contributed by atoms with E-state index in [9.17, 15) is 0 Å². The number of halogens is 1. The van der Waals surface area contributed by atoms with Crippen molar-refractivity contribution in [1.29, 1.82) is 0 Å². The molecule has 2 rings (SSSR count). The molecule has 0 aliphatic carbocycles. The molecule has 0 saturated carbocycles. The molecule has 0 spiro atoms. The van der Waals surface area contributed by atoms with E-state index in [4.69, 9.17) is 17.3 Å². The van der Waals surface area contributed by atoms with Crippen molar-refractivity contribution in [2.24, 2.45) is 0 Å². The Hall–Kier alpha value is -1.67. The Balaban J connectivity index is 2.31. The number of nitrogen functional groups attached to an aromatic ring is 1. The monoisotopic (exact) mass is 246 g/mol. The smallest absolute Gasteiger partial charge is 0.0643 e. The van der Waals surface area contributed by atoms with Crippen molar-refractivity contribution in [3.05, 3.63) is 52.5 Å². The second-order valence-corrected chi connectivity index (χ2v) is 4.65. The fraction of sp³-hybridized carbons (Fsp3) is 0.143. The molecule has 17 heavy (non-hydrogen) atoms. The highest BCUT2D eigenvalue weighted by Crippen LogP contribution is 2.27. The van der Waals surface area contributed by atoms with Crippen LogP contribution in [0.5, 0.6) is 0 Å². The number of hydrogen-bond donors (Lipinski definition) is 2. The van der Waals surface area contributed by atoms with Crippen molar-refractivity contribution in [1.82, 2.24) is 0 Å². The van der Waals surface area contributed by atoms with E-state index < -0.39 is 0 Å². The quantitative estimate of drug-likeness (QED) is 0.776. The third kappa shape index (κ3) is 2.92. The van der Waals surface area contributed by atoms with E-state index in [2.05, 4.69) is 5.32 Å². The van der Waals surface area contributed by atoms with E-state index in [1.165, 1.54) is 0 Å². The van der Waals surface area contributed by atoms with Crippen LogP contribution < -0.4 is 11.1 Å². The number of nitrogens with one attached hydrogen (secondary N) is 1. The van der Waals surface area contributed by atoms with Crippen LogP contribution in [0.3, 0.4) is 0 Å². The Bertz CT molecular complexity index is 530. The number of rotatable bonds is 2. The fourth-order valence-electron chi connectivity index (χ4n) is 1.76. The zero-order chi connectivity index (χ0) is 12.4. The molecule has 2 aromatic carbocycles. The minimum absolute atomic E-state index is 0.713. The molecule has 3 N–H and O–H groups in total. The summed E-state index contributed by atoms with van der Waals surface area (Å²) in [6.45, 7) is 4.03. The molecular weight excluding hydrogens is 232 g/mol. The Morgan fingerprint density at radius 2 is 1.76 bits per heavy atom. The molecule has 0 radical (unpaired) electrons. The second kappa shape index (κ2) is 4.68. The molecule has 0 bridgehead atoms. The Morgan fingerprint density at radius 3 is 2.41 bits per heavy atom. The molecule has 0 atom stereocenters. The van der Waals surface area contributed by atoms with Crippen LogP contribution in [0.25, 0.3) is 0 Å². The third-order valence-electron chi connectivity index (χ3n) is 2.50. The van der Waals surface area contributed by atoms with Crippen LogP contribution >= 0.6 is 11.6 Å². The van der Waals surface area contributed by atoms with Crippen LogP contribution in [0.15, 0.2) is 36.4 Å². The molecule has 88 valence electrons. The second-order valence-electron chi connectivity index (χ2n) is 4.24. The van der Waals surface area contributed by atoms with Crippen LogP contribution in [0, 0.1) is 13.8 Å². The topological polar surface area (TPSA) is 38.0 Å². The van der Waals surface area contributed by atoms with Crippen LogP contribution in [0.2, 0.25) is 5.02 Å². The van der Waals surface area contributed by atoms with Crippen LogP contribution in [0.4, 0.5) is 17.1 Å². The molecule has 0 unspecified atom stereocenters. The molecule has 2 nitrogen and oxygen atoms in total. The highest BCUT2D eigenvalue weighted by molar-refractivity contribution is 6.33. The maximum absolute atomic E-state index is 6.17. The summed E-state index contributed by atoms with van der Waals surface area (Å²) in [6, 6.07) is 11.8. The summed E-state index contributed by atoms with van der Waals surface area (Å²) in [7, 11) is 0. The van der Waals surface area contributed by atoms with Gasteiger partial charge >= 0.3 is 0 Å². The first kappa shape index (κ1) is 11.8. The molecular formula is C14H15ClN2. The van der Waals surface area contributed by atoms with E-state index in [1.807, 2.05) is 50.2 Å². The maximum atomic E-state index is 6.17. The molecule has 0 aliphatic rings. The highest BCUT2D eigenvalue weighted by atomic mass is 35.5. The highest BCUT2D eigenvalue weighted by Gasteiger charge is 2.02. The van der Waals surface area contributed by atoms with Gasteiger partial charge in [-0.3, -0.25) is 0 Å². The zero-order valence-electron chi connectivity index (χ0n) is 9.92. The van der Waals surface area contributed by atoms with Crippen molar-refractivity contribution >= 4 is 28.7 Å². The summed E-state index contributed by atoms with van der Waals surface area (Å²) in [5.41, 5.74) is 10.7. The molecule has 0 aliphatic heterocycles. The summed E-state index contributed by atoms with van der Waals surface area (Å²) in [6.07, 6.45) is 0. The number of benzene rings is 2. The molecule has 0 heterocycles. The summed E-state index contributed by atoms with van der Waals surface area (Å²) in [4.78, 5) is 0. The van der Waals surface area contributed by atoms with E-state index in [-0.39, 0.29) is 0 Å². The van der Waals surface area contributed by atoms with Gasteiger partial charge in [0, 0.05) is 11.4 Å². The van der Waals surface area contributed by atoms with Crippen LogP contribution in [-0.4, -0.2) is 0 Å². The van der Waals surface area contributed by atoms with Crippen molar-refractivity contribution in [3.63, 3.8) is 0 Å². The lowest BCUT2D eigenvalue weighted by molar-refractivity contribution is 1.43. The Kier molecular flexibility index (Phi) is 3.25. The zero-order valence-corrected chi connectivity index (χ0v) is 10.7. The van der Waals surface area contributed by atoms with E-state index in [1.54, 1.807) is 0 Å². The van der Waals surface area contributed by atoms with Crippen molar-refractivity contribution in [2.75, 3.05) is 11.1 Å². The summed E-state index contributed by atoms with van der Waals surface area (Å²) in [5.74, 6) is 0. The molecule has 0 saturated heterocycles. The largest absolute Gasteiger partial charge is 0.399 e. The van der Waals surface area contributed by atoms with Crippen molar-refractivity contribution in [3.8, 4) is 0 Å².